The summed E-state index contributed by atoms with van der Waals surface area (Å²) >= 11 is 0. The summed E-state index contributed by atoms with van der Waals surface area (Å²) in [6, 6.07) is 9.14. The Labute approximate surface area is 162 Å². The van der Waals surface area contributed by atoms with Crippen molar-refractivity contribution in [1.29, 1.82) is 0 Å². The Morgan fingerprint density at radius 1 is 1.32 bits per heavy atom. The first-order chi connectivity index (χ1) is 13.5. The molecule has 2 aromatic carbocycles. The molecule has 1 aromatic heterocycles. The third-order valence-corrected chi connectivity index (χ3v) is 5.42. The molecule has 0 bridgehead atoms. The molecule has 1 aliphatic rings. The van der Waals surface area contributed by atoms with Gasteiger partial charge in [-0.1, -0.05) is 0 Å². The van der Waals surface area contributed by atoms with Crippen LogP contribution in [0.2, 0.25) is 0 Å². The van der Waals surface area contributed by atoms with Gasteiger partial charge in [0.05, 0.1) is 36.6 Å². The molecule has 1 heterocycles. The normalized spacial score (nSPS) is 19.9. The molecule has 146 valence electrons. The molecule has 1 unspecified atom stereocenters. The summed E-state index contributed by atoms with van der Waals surface area (Å²) in [7, 11) is 3.41. The standard InChI is InChI=1S/C21H22FN3O3/c1-25-11-23-17-9-12(3-5-18(17)25)21(27)24-20(13-7-15(26)8-13)16-10-14(22)4-6-19(16)28-2/h3-6,9-11,13,15,20,26H,7-8H2,1-2H3,(H,24,27). The molecule has 1 aliphatic carbocycles. The molecular weight excluding hydrogens is 361 g/mol. The van der Waals surface area contributed by atoms with E-state index in [-0.39, 0.29) is 11.8 Å². The predicted octanol–water partition coefficient (Wildman–Crippen LogP) is 2.96. The number of hydrogen-bond donors (Lipinski definition) is 2. The van der Waals surface area contributed by atoms with Crippen LogP contribution in [-0.4, -0.2) is 33.8 Å². The lowest BCUT2D eigenvalue weighted by atomic mass is 9.74. The lowest BCUT2D eigenvalue weighted by Crippen LogP contribution is -2.41. The van der Waals surface area contributed by atoms with Crippen molar-refractivity contribution in [3.63, 3.8) is 0 Å². The van der Waals surface area contributed by atoms with Crippen LogP contribution < -0.4 is 10.1 Å². The van der Waals surface area contributed by atoms with E-state index in [0.717, 1.165) is 11.0 Å². The highest BCUT2D eigenvalue weighted by atomic mass is 19.1. The van der Waals surface area contributed by atoms with Crippen molar-refractivity contribution in [2.75, 3.05) is 7.11 Å². The smallest absolute Gasteiger partial charge is 0.251 e. The average molecular weight is 383 g/mol. The van der Waals surface area contributed by atoms with E-state index >= 15 is 0 Å². The van der Waals surface area contributed by atoms with Crippen LogP contribution in [-0.2, 0) is 7.05 Å². The minimum atomic E-state index is -0.457. The minimum absolute atomic E-state index is 0.00762. The second-order valence-corrected chi connectivity index (χ2v) is 7.28. The topological polar surface area (TPSA) is 76.4 Å². The van der Waals surface area contributed by atoms with Crippen molar-refractivity contribution in [2.24, 2.45) is 13.0 Å². The largest absolute Gasteiger partial charge is 0.496 e. The van der Waals surface area contributed by atoms with Gasteiger partial charge in [0.1, 0.15) is 11.6 Å². The van der Waals surface area contributed by atoms with E-state index in [2.05, 4.69) is 10.3 Å². The van der Waals surface area contributed by atoms with Gasteiger partial charge in [-0.25, -0.2) is 9.37 Å². The number of nitrogens with zero attached hydrogens (tertiary/aromatic N) is 2. The highest BCUT2D eigenvalue weighted by molar-refractivity contribution is 5.97. The summed E-state index contributed by atoms with van der Waals surface area (Å²) in [5.74, 6) is -0.156. The van der Waals surface area contributed by atoms with Crippen LogP contribution in [0.5, 0.6) is 5.75 Å². The number of ether oxygens (including phenoxy) is 1. The van der Waals surface area contributed by atoms with Gasteiger partial charge >= 0.3 is 0 Å². The Balaban J connectivity index is 1.65. The van der Waals surface area contributed by atoms with Crippen LogP contribution in [0, 0.1) is 11.7 Å². The van der Waals surface area contributed by atoms with E-state index in [4.69, 9.17) is 4.74 Å². The van der Waals surface area contributed by atoms with Gasteiger partial charge in [0.2, 0.25) is 0 Å². The summed E-state index contributed by atoms with van der Waals surface area (Å²) in [6.07, 6.45) is 2.39. The first kappa shape index (κ1) is 18.4. The van der Waals surface area contributed by atoms with Gasteiger partial charge in [-0.05, 0) is 55.2 Å². The number of nitrogens with one attached hydrogen (secondary N) is 1. The number of aromatic nitrogens is 2. The Kier molecular flexibility index (Phi) is 4.77. The van der Waals surface area contributed by atoms with Crippen molar-refractivity contribution >= 4 is 16.9 Å². The molecule has 2 N–H and O–H groups in total. The van der Waals surface area contributed by atoms with Crippen LogP contribution in [0.3, 0.4) is 0 Å². The van der Waals surface area contributed by atoms with Crippen molar-refractivity contribution in [3.05, 3.63) is 59.7 Å². The number of hydrogen-bond acceptors (Lipinski definition) is 4. The number of benzene rings is 2. The average Bonchev–Trinajstić information content (AvgIpc) is 3.04. The molecule has 4 rings (SSSR count). The van der Waals surface area contributed by atoms with Crippen LogP contribution >= 0.6 is 0 Å². The molecule has 0 saturated heterocycles. The molecule has 1 saturated carbocycles. The van der Waals surface area contributed by atoms with Gasteiger partial charge in [-0.3, -0.25) is 4.79 Å². The van der Waals surface area contributed by atoms with Crippen LogP contribution in [0.25, 0.3) is 11.0 Å². The molecule has 3 aromatic rings. The third kappa shape index (κ3) is 3.33. The quantitative estimate of drug-likeness (QED) is 0.710. The van der Waals surface area contributed by atoms with Gasteiger partial charge in [-0.2, -0.15) is 0 Å². The Bertz CT molecular complexity index is 1030. The number of carbonyl (C=O) groups is 1. The third-order valence-electron chi connectivity index (χ3n) is 5.42. The molecule has 1 atom stereocenters. The number of aliphatic hydroxyl groups is 1. The maximum absolute atomic E-state index is 13.9. The first-order valence-corrected chi connectivity index (χ1v) is 9.19. The van der Waals surface area contributed by atoms with Crippen LogP contribution in [0.15, 0.2) is 42.7 Å². The zero-order chi connectivity index (χ0) is 19.8. The second-order valence-electron chi connectivity index (χ2n) is 7.28. The zero-order valence-electron chi connectivity index (χ0n) is 15.7. The maximum Gasteiger partial charge on any atom is 0.251 e. The van der Waals surface area contributed by atoms with Gasteiger partial charge in [-0.15, -0.1) is 0 Å². The highest BCUT2D eigenvalue weighted by Crippen LogP contribution is 2.41. The Morgan fingerprint density at radius 3 is 2.82 bits per heavy atom. The number of imidazole rings is 1. The number of aliphatic hydroxyl groups excluding tert-OH is 1. The lowest BCUT2D eigenvalue weighted by molar-refractivity contribution is 0.0231. The number of aryl methyl sites for hydroxylation is 1. The SMILES string of the molecule is COc1ccc(F)cc1C(NC(=O)c1ccc2c(c1)ncn2C)C1CC(O)C1. The number of fused-ring (bicyclic) bond motifs is 1. The number of rotatable bonds is 5. The summed E-state index contributed by atoms with van der Waals surface area (Å²) < 4.78 is 21.2. The van der Waals surface area contributed by atoms with E-state index in [1.165, 1.54) is 19.2 Å². The van der Waals surface area contributed by atoms with E-state index in [0.29, 0.717) is 29.7 Å². The monoisotopic (exact) mass is 383 g/mol. The molecule has 0 spiro atoms. The minimum Gasteiger partial charge on any atom is -0.496 e. The first-order valence-electron chi connectivity index (χ1n) is 9.19. The van der Waals surface area contributed by atoms with Crippen LogP contribution in [0.4, 0.5) is 4.39 Å². The number of amides is 1. The second kappa shape index (κ2) is 7.24. The van der Waals surface area contributed by atoms with E-state index in [1.54, 1.807) is 24.5 Å². The molecule has 6 nitrogen and oxygen atoms in total. The Hall–Kier alpha value is -2.93. The fourth-order valence-electron chi connectivity index (χ4n) is 3.80. The van der Waals surface area contributed by atoms with Gasteiger partial charge in [0, 0.05) is 18.2 Å². The molecule has 1 amide bonds. The molecule has 7 heteroatoms. The van der Waals surface area contributed by atoms with Gasteiger partial charge in [0.25, 0.3) is 5.91 Å². The van der Waals surface area contributed by atoms with Crippen molar-refractivity contribution < 1.29 is 19.0 Å². The van der Waals surface area contributed by atoms with Crippen LogP contribution in [0.1, 0.15) is 34.8 Å². The summed E-state index contributed by atoms with van der Waals surface area (Å²) in [6.45, 7) is 0. The lowest BCUT2D eigenvalue weighted by Gasteiger charge is -2.38. The van der Waals surface area contributed by atoms with Crippen molar-refractivity contribution in [1.82, 2.24) is 14.9 Å². The number of carbonyl (C=O) groups excluding carboxylic acids is 1. The summed E-state index contributed by atoms with van der Waals surface area (Å²) in [5, 5.41) is 12.8. The van der Waals surface area contributed by atoms with Crippen molar-refractivity contribution in [3.8, 4) is 5.75 Å². The summed E-state index contributed by atoms with van der Waals surface area (Å²) in [4.78, 5) is 17.2. The van der Waals surface area contributed by atoms with E-state index in [1.807, 2.05) is 17.7 Å². The van der Waals surface area contributed by atoms with E-state index in [9.17, 15) is 14.3 Å². The zero-order valence-corrected chi connectivity index (χ0v) is 15.7. The van der Waals surface area contributed by atoms with Gasteiger partial charge < -0.3 is 19.7 Å². The van der Waals surface area contributed by atoms with Crippen molar-refractivity contribution in [2.45, 2.75) is 25.0 Å². The molecule has 0 aliphatic heterocycles. The highest BCUT2D eigenvalue weighted by Gasteiger charge is 2.37. The molecule has 0 radical (unpaired) electrons. The Morgan fingerprint density at radius 2 is 2.11 bits per heavy atom. The molecule has 1 fully saturated rings. The maximum atomic E-state index is 13.9. The fraction of sp³-hybridized carbons (Fsp3) is 0.333. The fourth-order valence-corrected chi connectivity index (χ4v) is 3.80. The van der Waals surface area contributed by atoms with E-state index < -0.39 is 18.0 Å². The number of halogens is 1. The van der Waals surface area contributed by atoms with Gasteiger partial charge in [0.15, 0.2) is 0 Å². The molecule has 28 heavy (non-hydrogen) atoms. The summed E-state index contributed by atoms with van der Waals surface area (Å²) in [5.41, 5.74) is 2.72. The number of methoxy groups -OCH3 is 1. The molecular formula is C21H22FN3O3. The predicted molar refractivity (Wildman–Crippen MR) is 103 cm³/mol.